The molecule has 1 saturated heterocycles. The maximum atomic E-state index is 12.0. The van der Waals surface area contributed by atoms with Gasteiger partial charge in [0, 0.05) is 11.8 Å². The number of carbonyl (C=O) groups excluding carboxylic acids is 1. The third-order valence-electron chi connectivity index (χ3n) is 2.46. The second-order valence-electron chi connectivity index (χ2n) is 3.76. The molecule has 1 N–H and O–H groups in total. The van der Waals surface area contributed by atoms with Gasteiger partial charge in [-0.1, -0.05) is 23.2 Å². The molecule has 7 heteroatoms. The number of nitrogens with zero attached hydrogens (tertiary/aromatic N) is 2. The largest absolute Gasteiger partial charge is 0.348 e. The van der Waals surface area contributed by atoms with Crippen LogP contribution in [0.3, 0.4) is 0 Å². The lowest BCUT2D eigenvalue weighted by Gasteiger charge is -2.22. The standard InChI is InChI=1S/C10H11Cl2N3OS/c11-8-4-7(9(12)15-14-8)10(16)13-6-2-1-3-17-5-6/h4,6H,1-3,5H2,(H,13,16). The summed E-state index contributed by atoms with van der Waals surface area (Å²) in [7, 11) is 0. The summed E-state index contributed by atoms with van der Waals surface area (Å²) in [6.07, 6.45) is 2.13. The molecule has 0 aliphatic carbocycles. The monoisotopic (exact) mass is 291 g/mol. The number of nitrogens with one attached hydrogen (secondary N) is 1. The van der Waals surface area contributed by atoms with Crippen molar-refractivity contribution >= 4 is 40.9 Å². The van der Waals surface area contributed by atoms with Gasteiger partial charge in [-0.05, 0) is 24.7 Å². The Morgan fingerprint density at radius 1 is 1.47 bits per heavy atom. The first kappa shape index (κ1) is 12.9. The van der Waals surface area contributed by atoms with E-state index >= 15 is 0 Å². The Balaban J connectivity index is 2.05. The Labute approximate surface area is 113 Å². The summed E-state index contributed by atoms with van der Waals surface area (Å²) in [6.45, 7) is 0. The molecule has 1 amide bonds. The second-order valence-corrected chi connectivity index (χ2v) is 5.65. The predicted octanol–water partition coefficient (Wildman–Crippen LogP) is 2.41. The molecule has 1 fully saturated rings. The van der Waals surface area contributed by atoms with Gasteiger partial charge in [0.1, 0.15) is 0 Å². The van der Waals surface area contributed by atoms with Gasteiger partial charge < -0.3 is 5.32 Å². The van der Waals surface area contributed by atoms with Crippen molar-refractivity contribution in [2.45, 2.75) is 18.9 Å². The normalized spacial score (nSPS) is 20.0. The van der Waals surface area contributed by atoms with Crippen molar-refractivity contribution in [1.29, 1.82) is 0 Å². The zero-order valence-corrected chi connectivity index (χ0v) is 11.3. The maximum absolute atomic E-state index is 12.0. The Morgan fingerprint density at radius 3 is 3.00 bits per heavy atom. The van der Waals surface area contributed by atoms with Crippen molar-refractivity contribution in [3.05, 3.63) is 21.9 Å². The first-order chi connectivity index (χ1) is 8.16. The van der Waals surface area contributed by atoms with Gasteiger partial charge in [0.25, 0.3) is 5.91 Å². The van der Waals surface area contributed by atoms with E-state index in [0.717, 1.165) is 24.3 Å². The summed E-state index contributed by atoms with van der Waals surface area (Å²) in [5.74, 6) is 1.87. The zero-order chi connectivity index (χ0) is 12.3. The fraction of sp³-hybridized carbons (Fsp3) is 0.500. The van der Waals surface area contributed by atoms with Crippen molar-refractivity contribution in [3.8, 4) is 0 Å². The lowest BCUT2D eigenvalue weighted by atomic mass is 10.1. The van der Waals surface area contributed by atoms with E-state index in [9.17, 15) is 4.79 Å². The van der Waals surface area contributed by atoms with E-state index < -0.39 is 0 Å². The summed E-state index contributed by atoms with van der Waals surface area (Å²) in [4.78, 5) is 12.0. The van der Waals surface area contributed by atoms with Gasteiger partial charge in [0.2, 0.25) is 0 Å². The molecule has 0 bridgehead atoms. The molecule has 0 aromatic carbocycles. The van der Waals surface area contributed by atoms with E-state index in [1.165, 1.54) is 6.07 Å². The first-order valence-electron chi connectivity index (χ1n) is 5.24. The minimum absolute atomic E-state index is 0.0790. The quantitative estimate of drug-likeness (QED) is 0.909. The van der Waals surface area contributed by atoms with Crippen LogP contribution < -0.4 is 5.32 Å². The van der Waals surface area contributed by atoms with Gasteiger partial charge in [-0.3, -0.25) is 4.79 Å². The van der Waals surface area contributed by atoms with E-state index in [-0.39, 0.29) is 27.8 Å². The lowest BCUT2D eigenvalue weighted by molar-refractivity contribution is 0.0938. The minimum Gasteiger partial charge on any atom is -0.348 e. The smallest absolute Gasteiger partial charge is 0.254 e. The van der Waals surface area contributed by atoms with Gasteiger partial charge in [0.15, 0.2) is 10.3 Å². The Kier molecular flexibility index (Phi) is 4.48. The summed E-state index contributed by atoms with van der Waals surface area (Å²) in [5.41, 5.74) is 0.280. The van der Waals surface area contributed by atoms with Crippen LogP contribution in [-0.2, 0) is 0 Å². The summed E-state index contributed by atoms with van der Waals surface area (Å²) in [6, 6.07) is 1.63. The number of halogens is 2. The van der Waals surface area contributed by atoms with Gasteiger partial charge in [-0.25, -0.2) is 0 Å². The van der Waals surface area contributed by atoms with Crippen LogP contribution in [-0.4, -0.2) is 33.7 Å². The fourth-order valence-corrected chi connectivity index (χ4v) is 3.03. The second kappa shape index (κ2) is 5.89. The average molecular weight is 292 g/mol. The number of hydrogen-bond donors (Lipinski definition) is 1. The molecule has 17 heavy (non-hydrogen) atoms. The molecule has 0 saturated carbocycles. The van der Waals surface area contributed by atoms with E-state index in [2.05, 4.69) is 15.5 Å². The van der Waals surface area contributed by atoms with E-state index in [1.54, 1.807) is 0 Å². The van der Waals surface area contributed by atoms with Crippen molar-refractivity contribution in [3.63, 3.8) is 0 Å². The van der Waals surface area contributed by atoms with Crippen molar-refractivity contribution < 1.29 is 4.79 Å². The molecular formula is C10H11Cl2N3OS. The number of carbonyl (C=O) groups is 1. The number of thioether (sulfide) groups is 1. The highest BCUT2D eigenvalue weighted by Crippen LogP contribution is 2.19. The average Bonchev–Trinajstić information content (AvgIpc) is 2.33. The Hall–Kier alpha value is -0.520. The van der Waals surface area contributed by atoms with Crippen LogP contribution in [0.5, 0.6) is 0 Å². The van der Waals surface area contributed by atoms with Gasteiger partial charge in [-0.15, -0.1) is 10.2 Å². The molecule has 0 spiro atoms. The molecule has 2 rings (SSSR count). The lowest BCUT2D eigenvalue weighted by Crippen LogP contribution is -2.38. The molecule has 1 aromatic heterocycles. The summed E-state index contributed by atoms with van der Waals surface area (Å²) < 4.78 is 0. The van der Waals surface area contributed by atoms with Crippen molar-refractivity contribution in [1.82, 2.24) is 15.5 Å². The molecule has 92 valence electrons. The fourth-order valence-electron chi connectivity index (χ4n) is 1.63. The summed E-state index contributed by atoms with van der Waals surface area (Å²) >= 11 is 13.3. The number of amides is 1. The van der Waals surface area contributed by atoms with Crippen LogP contribution in [0.15, 0.2) is 6.07 Å². The van der Waals surface area contributed by atoms with Gasteiger partial charge in [-0.2, -0.15) is 11.8 Å². The Bertz CT molecular complexity index is 424. The third-order valence-corrected chi connectivity index (χ3v) is 4.14. The molecular weight excluding hydrogens is 281 g/mol. The molecule has 1 atom stereocenters. The number of rotatable bonds is 2. The molecule has 1 aliphatic rings. The van der Waals surface area contributed by atoms with Crippen LogP contribution in [0.4, 0.5) is 0 Å². The highest BCUT2D eigenvalue weighted by atomic mass is 35.5. The molecule has 4 nitrogen and oxygen atoms in total. The SMILES string of the molecule is O=C(NC1CCCSC1)c1cc(Cl)nnc1Cl. The van der Waals surface area contributed by atoms with Crippen molar-refractivity contribution in [2.75, 3.05) is 11.5 Å². The topological polar surface area (TPSA) is 54.9 Å². The van der Waals surface area contributed by atoms with Crippen molar-refractivity contribution in [2.24, 2.45) is 0 Å². The van der Waals surface area contributed by atoms with Crippen LogP contribution in [0.2, 0.25) is 10.3 Å². The Morgan fingerprint density at radius 2 is 2.29 bits per heavy atom. The zero-order valence-electron chi connectivity index (χ0n) is 8.95. The van der Waals surface area contributed by atoms with Crippen LogP contribution in [0.25, 0.3) is 0 Å². The maximum Gasteiger partial charge on any atom is 0.254 e. The van der Waals surface area contributed by atoms with E-state index in [4.69, 9.17) is 23.2 Å². The first-order valence-corrected chi connectivity index (χ1v) is 7.15. The highest BCUT2D eigenvalue weighted by molar-refractivity contribution is 7.99. The number of aromatic nitrogens is 2. The minimum atomic E-state index is -0.237. The van der Waals surface area contributed by atoms with E-state index in [1.807, 2.05) is 11.8 Å². The van der Waals surface area contributed by atoms with Gasteiger partial charge >= 0.3 is 0 Å². The molecule has 2 heterocycles. The van der Waals surface area contributed by atoms with E-state index in [0.29, 0.717) is 0 Å². The number of hydrogen-bond acceptors (Lipinski definition) is 4. The highest BCUT2D eigenvalue weighted by Gasteiger charge is 2.19. The molecule has 1 aromatic rings. The van der Waals surface area contributed by atoms with Crippen LogP contribution in [0, 0.1) is 0 Å². The molecule has 1 aliphatic heterocycles. The summed E-state index contributed by atoms with van der Waals surface area (Å²) in [5, 5.41) is 10.4. The van der Waals surface area contributed by atoms with Gasteiger partial charge in [0.05, 0.1) is 5.56 Å². The van der Waals surface area contributed by atoms with Crippen LogP contribution >= 0.6 is 35.0 Å². The molecule has 0 radical (unpaired) electrons. The third kappa shape index (κ3) is 3.47. The molecule has 1 unspecified atom stereocenters. The van der Waals surface area contributed by atoms with Crippen LogP contribution in [0.1, 0.15) is 23.2 Å². The predicted molar refractivity (Wildman–Crippen MR) is 69.9 cm³/mol.